The molecule has 0 saturated carbocycles. The van der Waals surface area contributed by atoms with Crippen molar-refractivity contribution in [1.82, 2.24) is 5.32 Å². The van der Waals surface area contributed by atoms with Crippen molar-refractivity contribution in [3.05, 3.63) is 35.9 Å². The summed E-state index contributed by atoms with van der Waals surface area (Å²) in [6.45, 7) is 1.90. The molecule has 4 nitrogen and oxygen atoms in total. The van der Waals surface area contributed by atoms with Crippen LogP contribution in [0.15, 0.2) is 30.3 Å². The van der Waals surface area contributed by atoms with Crippen LogP contribution in [0.2, 0.25) is 0 Å². The van der Waals surface area contributed by atoms with Crippen LogP contribution in [0.5, 0.6) is 0 Å². The Kier molecular flexibility index (Phi) is 5.66. The van der Waals surface area contributed by atoms with Crippen molar-refractivity contribution in [3.63, 3.8) is 0 Å². The number of nitrogens with one attached hydrogen (secondary N) is 1. The molecule has 17 heavy (non-hydrogen) atoms. The van der Waals surface area contributed by atoms with Gasteiger partial charge in [0.25, 0.3) is 5.91 Å². The van der Waals surface area contributed by atoms with Crippen molar-refractivity contribution in [2.45, 2.75) is 32.1 Å². The van der Waals surface area contributed by atoms with Crippen LogP contribution in [-0.2, 0) is 16.0 Å². The number of carbonyl (C=O) groups excluding carboxylic acids is 1. The Balaban J connectivity index is 2.47. The molecular formula is C13H19NO3. The number of carbonyl (C=O) groups is 1. The van der Waals surface area contributed by atoms with E-state index in [-0.39, 0.29) is 6.23 Å². The number of rotatable bonds is 6. The van der Waals surface area contributed by atoms with Gasteiger partial charge in [0.1, 0.15) is 12.3 Å². The zero-order valence-corrected chi connectivity index (χ0v) is 10.2. The number of methoxy groups -OCH3 is 1. The fourth-order valence-electron chi connectivity index (χ4n) is 1.51. The van der Waals surface area contributed by atoms with Crippen LogP contribution in [0.25, 0.3) is 0 Å². The molecule has 0 aliphatic carbocycles. The quantitative estimate of drug-likeness (QED) is 0.728. The Morgan fingerprint density at radius 1 is 1.41 bits per heavy atom. The van der Waals surface area contributed by atoms with Gasteiger partial charge in [-0.1, -0.05) is 37.3 Å². The first kappa shape index (κ1) is 13.7. The molecule has 1 aromatic rings. The van der Waals surface area contributed by atoms with E-state index in [2.05, 4.69) is 5.32 Å². The minimum atomic E-state index is -1.04. The second kappa shape index (κ2) is 7.04. The standard InChI is InChI=1S/C13H19NO3/c1-3-12(17-2)14-13(16)11(15)9-10-7-5-4-6-8-10/h4-8,11-12,15H,3,9H2,1-2H3,(H,14,16)/t11-,12+/m0/s1. The Morgan fingerprint density at radius 3 is 2.59 bits per heavy atom. The zero-order chi connectivity index (χ0) is 12.7. The van der Waals surface area contributed by atoms with Gasteiger partial charge in [0.15, 0.2) is 0 Å². The van der Waals surface area contributed by atoms with E-state index >= 15 is 0 Å². The second-order valence-corrected chi connectivity index (χ2v) is 3.85. The Morgan fingerprint density at radius 2 is 2.06 bits per heavy atom. The summed E-state index contributed by atoms with van der Waals surface area (Å²) < 4.78 is 5.03. The third kappa shape index (κ3) is 4.54. The smallest absolute Gasteiger partial charge is 0.251 e. The third-order valence-electron chi connectivity index (χ3n) is 2.53. The van der Waals surface area contributed by atoms with Crippen LogP contribution in [0.3, 0.4) is 0 Å². The number of benzene rings is 1. The van der Waals surface area contributed by atoms with E-state index in [1.807, 2.05) is 37.3 Å². The van der Waals surface area contributed by atoms with Crippen molar-refractivity contribution in [2.24, 2.45) is 0 Å². The molecule has 4 heteroatoms. The Labute approximate surface area is 102 Å². The van der Waals surface area contributed by atoms with Gasteiger partial charge in [-0.15, -0.1) is 0 Å². The molecule has 0 bridgehead atoms. The molecule has 2 N–H and O–H groups in total. The van der Waals surface area contributed by atoms with Gasteiger partial charge in [-0.05, 0) is 12.0 Å². The summed E-state index contributed by atoms with van der Waals surface area (Å²) in [4.78, 5) is 11.6. The van der Waals surface area contributed by atoms with Crippen LogP contribution < -0.4 is 5.32 Å². The minimum Gasteiger partial charge on any atom is -0.383 e. The predicted octanol–water partition coefficient (Wildman–Crippen LogP) is 1.09. The molecule has 94 valence electrons. The highest BCUT2D eigenvalue weighted by atomic mass is 16.5. The SMILES string of the molecule is CC[C@H](NC(=O)[C@@H](O)Cc1ccccc1)OC. The van der Waals surface area contributed by atoms with E-state index in [1.165, 1.54) is 7.11 Å². The van der Waals surface area contributed by atoms with Gasteiger partial charge in [0.05, 0.1) is 0 Å². The van der Waals surface area contributed by atoms with Gasteiger partial charge in [-0.2, -0.15) is 0 Å². The lowest BCUT2D eigenvalue weighted by molar-refractivity contribution is -0.133. The lowest BCUT2D eigenvalue weighted by Crippen LogP contribution is -2.42. The average Bonchev–Trinajstić information content (AvgIpc) is 2.36. The first-order valence-corrected chi connectivity index (χ1v) is 5.72. The molecule has 0 aliphatic rings. The molecule has 1 rings (SSSR count). The van der Waals surface area contributed by atoms with Gasteiger partial charge in [-0.3, -0.25) is 4.79 Å². The maximum Gasteiger partial charge on any atom is 0.251 e. The van der Waals surface area contributed by atoms with Crippen molar-refractivity contribution in [1.29, 1.82) is 0 Å². The largest absolute Gasteiger partial charge is 0.383 e. The first-order valence-electron chi connectivity index (χ1n) is 5.72. The van der Waals surface area contributed by atoms with Gasteiger partial charge in [0, 0.05) is 13.5 Å². The number of hydrogen-bond acceptors (Lipinski definition) is 3. The third-order valence-corrected chi connectivity index (χ3v) is 2.53. The summed E-state index contributed by atoms with van der Waals surface area (Å²) in [5.41, 5.74) is 0.931. The number of amides is 1. The van der Waals surface area contributed by atoms with Gasteiger partial charge in [0.2, 0.25) is 0 Å². The van der Waals surface area contributed by atoms with Gasteiger partial charge >= 0.3 is 0 Å². The molecule has 1 amide bonds. The van der Waals surface area contributed by atoms with Crippen LogP contribution in [0.1, 0.15) is 18.9 Å². The summed E-state index contributed by atoms with van der Waals surface area (Å²) in [7, 11) is 1.53. The van der Waals surface area contributed by atoms with Crippen LogP contribution in [0.4, 0.5) is 0 Å². The van der Waals surface area contributed by atoms with E-state index in [4.69, 9.17) is 4.74 Å². The van der Waals surface area contributed by atoms with Crippen molar-refractivity contribution < 1.29 is 14.6 Å². The molecule has 0 aliphatic heterocycles. The van der Waals surface area contributed by atoms with Crippen molar-refractivity contribution >= 4 is 5.91 Å². The molecule has 0 spiro atoms. The molecular weight excluding hydrogens is 218 g/mol. The minimum absolute atomic E-state index is 0.312. The van der Waals surface area contributed by atoms with Gasteiger partial charge < -0.3 is 15.2 Å². The zero-order valence-electron chi connectivity index (χ0n) is 10.2. The van der Waals surface area contributed by atoms with E-state index in [0.29, 0.717) is 12.8 Å². The van der Waals surface area contributed by atoms with E-state index in [0.717, 1.165) is 5.56 Å². The lowest BCUT2D eigenvalue weighted by atomic mass is 10.1. The van der Waals surface area contributed by atoms with Gasteiger partial charge in [-0.25, -0.2) is 0 Å². The van der Waals surface area contributed by atoms with E-state index < -0.39 is 12.0 Å². The second-order valence-electron chi connectivity index (χ2n) is 3.85. The maximum atomic E-state index is 11.6. The Bertz CT molecular complexity index is 336. The molecule has 1 aromatic carbocycles. The topological polar surface area (TPSA) is 58.6 Å². The predicted molar refractivity (Wildman–Crippen MR) is 65.4 cm³/mol. The van der Waals surface area contributed by atoms with E-state index in [9.17, 15) is 9.90 Å². The average molecular weight is 237 g/mol. The fourth-order valence-corrected chi connectivity index (χ4v) is 1.51. The van der Waals surface area contributed by atoms with Crippen LogP contribution >= 0.6 is 0 Å². The van der Waals surface area contributed by atoms with Crippen molar-refractivity contribution in [3.8, 4) is 0 Å². The highest BCUT2D eigenvalue weighted by Gasteiger charge is 2.18. The number of aliphatic hydroxyl groups excluding tert-OH is 1. The summed E-state index contributed by atoms with van der Waals surface area (Å²) in [6, 6.07) is 9.41. The number of hydrogen-bond donors (Lipinski definition) is 2. The van der Waals surface area contributed by atoms with Crippen LogP contribution in [0, 0.1) is 0 Å². The molecule has 0 radical (unpaired) electrons. The van der Waals surface area contributed by atoms with Crippen molar-refractivity contribution in [2.75, 3.05) is 7.11 Å². The molecule has 0 aromatic heterocycles. The lowest BCUT2D eigenvalue weighted by Gasteiger charge is -2.17. The summed E-state index contributed by atoms with van der Waals surface area (Å²) in [5, 5.41) is 12.4. The summed E-state index contributed by atoms with van der Waals surface area (Å²) in [5.74, 6) is -0.400. The van der Waals surface area contributed by atoms with E-state index in [1.54, 1.807) is 0 Å². The molecule has 0 fully saturated rings. The normalized spacial score (nSPS) is 14.1. The summed E-state index contributed by atoms with van der Waals surface area (Å²) >= 11 is 0. The highest BCUT2D eigenvalue weighted by molar-refractivity contribution is 5.80. The molecule has 0 saturated heterocycles. The molecule has 0 unspecified atom stereocenters. The molecule has 2 atom stereocenters. The number of aliphatic hydroxyl groups is 1. The molecule has 0 heterocycles. The summed E-state index contributed by atoms with van der Waals surface area (Å²) in [6.07, 6.45) is -0.401. The fraction of sp³-hybridized carbons (Fsp3) is 0.462. The first-order chi connectivity index (χ1) is 8.17. The monoisotopic (exact) mass is 237 g/mol. The highest BCUT2D eigenvalue weighted by Crippen LogP contribution is 2.03. The maximum absolute atomic E-state index is 11.6. The number of ether oxygens (including phenoxy) is 1. The Hall–Kier alpha value is -1.39. The van der Waals surface area contributed by atoms with Crippen LogP contribution in [-0.4, -0.2) is 30.5 Å².